The highest BCUT2D eigenvalue weighted by Gasteiger charge is 2.46. The number of amides is 1. The Morgan fingerprint density at radius 3 is 2.70 bits per heavy atom. The molecule has 0 spiro atoms. The number of aliphatic carboxylic acids is 1. The second-order valence-electron chi connectivity index (χ2n) is 5.43. The van der Waals surface area contributed by atoms with E-state index in [4.69, 9.17) is 16.7 Å². The summed E-state index contributed by atoms with van der Waals surface area (Å²) in [6, 6.07) is 7.55. The molecule has 4 nitrogen and oxygen atoms in total. The summed E-state index contributed by atoms with van der Waals surface area (Å²) in [6.07, 6.45) is 0.786. The fraction of sp³-hybridized carbons (Fsp3) is 0.467. The van der Waals surface area contributed by atoms with Crippen LogP contribution in [0.2, 0.25) is 5.02 Å². The van der Waals surface area contributed by atoms with Crippen molar-refractivity contribution in [1.29, 1.82) is 0 Å². The van der Waals surface area contributed by atoms with Crippen LogP contribution in [0.15, 0.2) is 24.3 Å². The predicted molar refractivity (Wildman–Crippen MR) is 76.7 cm³/mol. The number of hydrogen-bond donors (Lipinski definition) is 1. The van der Waals surface area contributed by atoms with Gasteiger partial charge < -0.3 is 10.0 Å². The van der Waals surface area contributed by atoms with Crippen molar-refractivity contribution in [2.45, 2.75) is 19.3 Å². The lowest BCUT2D eigenvalue weighted by Crippen LogP contribution is -2.34. The number of carbonyl (C=O) groups is 2. The molecule has 1 saturated carbocycles. The van der Waals surface area contributed by atoms with Gasteiger partial charge in [-0.15, -0.1) is 0 Å². The van der Waals surface area contributed by atoms with Crippen LogP contribution in [0, 0.1) is 11.8 Å². The smallest absolute Gasteiger partial charge is 0.308 e. The zero-order valence-corrected chi connectivity index (χ0v) is 12.3. The first-order valence-corrected chi connectivity index (χ1v) is 7.01. The molecule has 1 aliphatic rings. The average Bonchev–Trinajstić information content (AvgIpc) is 3.18. The summed E-state index contributed by atoms with van der Waals surface area (Å²) in [4.78, 5) is 24.6. The van der Waals surface area contributed by atoms with Crippen LogP contribution in [0.3, 0.4) is 0 Å². The maximum Gasteiger partial charge on any atom is 0.308 e. The van der Waals surface area contributed by atoms with Crippen molar-refractivity contribution < 1.29 is 14.7 Å². The average molecular weight is 296 g/mol. The first-order chi connectivity index (χ1) is 9.41. The van der Waals surface area contributed by atoms with Crippen LogP contribution in [-0.2, 0) is 9.59 Å². The zero-order valence-electron chi connectivity index (χ0n) is 11.5. The van der Waals surface area contributed by atoms with Crippen LogP contribution in [-0.4, -0.2) is 35.5 Å². The van der Waals surface area contributed by atoms with Crippen LogP contribution in [0.25, 0.3) is 0 Å². The predicted octanol–water partition coefficient (Wildman–Crippen LogP) is 2.62. The molecule has 5 heteroatoms. The highest BCUT2D eigenvalue weighted by atomic mass is 35.5. The first kappa shape index (κ1) is 14.9. The van der Waals surface area contributed by atoms with E-state index in [0.717, 1.165) is 12.0 Å². The van der Waals surface area contributed by atoms with E-state index in [1.165, 1.54) is 4.90 Å². The van der Waals surface area contributed by atoms with E-state index in [0.29, 0.717) is 5.02 Å². The molecule has 0 aliphatic heterocycles. The summed E-state index contributed by atoms with van der Waals surface area (Å²) in [5.41, 5.74) is 1.01. The lowest BCUT2D eigenvalue weighted by molar-refractivity contribution is -0.142. The van der Waals surface area contributed by atoms with E-state index in [9.17, 15) is 9.59 Å². The third-order valence-electron chi connectivity index (χ3n) is 3.76. The third kappa shape index (κ3) is 3.12. The monoisotopic (exact) mass is 295 g/mol. The van der Waals surface area contributed by atoms with E-state index in [-0.39, 0.29) is 24.3 Å². The van der Waals surface area contributed by atoms with Gasteiger partial charge in [0.1, 0.15) is 0 Å². The molecule has 3 atom stereocenters. The molecular weight excluding hydrogens is 278 g/mol. The van der Waals surface area contributed by atoms with Crippen molar-refractivity contribution in [3.05, 3.63) is 34.9 Å². The second-order valence-corrected chi connectivity index (χ2v) is 5.84. The summed E-state index contributed by atoms with van der Waals surface area (Å²) >= 11 is 6.13. The molecule has 0 heterocycles. The van der Waals surface area contributed by atoms with Gasteiger partial charge in [0.05, 0.1) is 5.92 Å². The molecule has 0 aromatic heterocycles. The fourth-order valence-electron chi connectivity index (χ4n) is 2.45. The van der Waals surface area contributed by atoms with E-state index in [1.807, 2.05) is 24.3 Å². The maximum atomic E-state index is 12.2. The highest BCUT2D eigenvalue weighted by Crippen LogP contribution is 2.50. The Kier molecular flexibility index (Phi) is 4.33. The number of halogens is 1. The van der Waals surface area contributed by atoms with Crippen molar-refractivity contribution in [2.75, 3.05) is 13.6 Å². The molecular formula is C15H18ClNO3. The van der Waals surface area contributed by atoms with Crippen molar-refractivity contribution >= 4 is 23.5 Å². The van der Waals surface area contributed by atoms with Gasteiger partial charge >= 0.3 is 5.97 Å². The molecule has 1 amide bonds. The molecule has 1 aliphatic carbocycles. The molecule has 20 heavy (non-hydrogen) atoms. The van der Waals surface area contributed by atoms with Gasteiger partial charge in [-0.2, -0.15) is 0 Å². The van der Waals surface area contributed by atoms with Crippen molar-refractivity contribution in [3.8, 4) is 0 Å². The van der Waals surface area contributed by atoms with Gasteiger partial charge in [-0.3, -0.25) is 9.59 Å². The Balaban J connectivity index is 1.96. The van der Waals surface area contributed by atoms with Gasteiger partial charge in [0.25, 0.3) is 0 Å². The topological polar surface area (TPSA) is 57.6 Å². The maximum absolute atomic E-state index is 12.2. The van der Waals surface area contributed by atoms with Crippen LogP contribution in [0.4, 0.5) is 0 Å². The van der Waals surface area contributed by atoms with Gasteiger partial charge in [0, 0.05) is 24.5 Å². The molecule has 0 saturated heterocycles. The van der Waals surface area contributed by atoms with Crippen LogP contribution < -0.4 is 0 Å². The summed E-state index contributed by atoms with van der Waals surface area (Å²) in [6.45, 7) is 1.84. The Bertz CT molecular complexity index is 532. The van der Waals surface area contributed by atoms with Crippen molar-refractivity contribution in [2.24, 2.45) is 11.8 Å². The highest BCUT2D eigenvalue weighted by molar-refractivity contribution is 6.31. The standard InChI is InChI=1S/C15H18ClNO3/c1-9(15(19)20)8-17(2)14(18)12-7-11(12)10-5-3-4-6-13(10)16/h3-6,9,11-12H,7-8H2,1-2H3,(H,19,20)/t9-,11+,12+/m1/s1. The molecule has 2 rings (SSSR count). The van der Waals surface area contributed by atoms with E-state index >= 15 is 0 Å². The molecule has 1 aromatic rings. The minimum Gasteiger partial charge on any atom is -0.481 e. The largest absolute Gasteiger partial charge is 0.481 e. The number of hydrogen-bond acceptors (Lipinski definition) is 2. The van der Waals surface area contributed by atoms with E-state index in [1.54, 1.807) is 14.0 Å². The number of rotatable bonds is 5. The number of benzene rings is 1. The molecule has 108 valence electrons. The summed E-state index contributed by atoms with van der Waals surface area (Å²) in [7, 11) is 1.66. The van der Waals surface area contributed by atoms with Gasteiger partial charge in [-0.25, -0.2) is 0 Å². The number of carbonyl (C=O) groups excluding carboxylic acids is 1. The minimum atomic E-state index is -0.886. The number of nitrogens with zero attached hydrogens (tertiary/aromatic N) is 1. The Hall–Kier alpha value is -1.55. The quantitative estimate of drug-likeness (QED) is 0.908. The van der Waals surface area contributed by atoms with Crippen molar-refractivity contribution in [1.82, 2.24) is 4.90 Å². The van der Waals surface area contributed by atoms with Crippen molar-refractivity contribution in [3.63, 3.8) is 0 Å². The Morgan fingerprint density at radius 2 is 2.10 bits per heavy atom. The third-order valence-corrected chi connectivity index (χ3v) is 4.10. The second kappa shape index (κ2) is 5.83. The lowest BCUT2D eigenvalue weighted by Gasteiger charge is -2.19. The summed E-state index contributed by atoms with van der Waals surface area (Å²) in [5.74, 6) is -1.34. The fourth-order valence-corrected chi connectivity index (χ4v) is 2.73. The molecule has 0 unspecified atom stereocenters. The molecule has 0 radical (unpaired) electrons. The lowest BCUT2D eigenvalue weighted by atomic mass is 10.1. The minimum absolute atomic E-state index is 0.00280. The Morgan fingerprint density at radius 1 is 1.45 bits per heavy atom. The molecule has 1 fully saturated rings. The van der Waals surface area contributed by atoms with Gasteiger partial charge in [0.2, 0.25) is 5.91 Å². The SMILES string of the molecule is C[C@H](CN(C)C(=O)[C@H]1C[C@H]1c1ccccc1Cl)C(=O)O. The molecule has 0 bridgehead atoms. The van der Waals surface area contributed by atoms with E-state index < -0.39 is 11.9 Å². The van der Waals surface area contributed by atoms with Crippen LogP contribution >= 0.6 is 11.6 Å². The first-order valence-electron chi connectivity index (χ1n) is 6.64. The van der Waals surface area contributed by atoms with Crippen LogP contribution in [0.5, 0.6) is 0 Å². The molecule has 1 N–H and O–H groups in total. The summed E-state index contributed by atoms with van der Waals surface area (Å²) < 4.78 is 0. The Labute approximate surface area is 123 Å². The number of carboxylic acids is 1. The number of carboxylic acid groups (broad SMARTS) is 1. The van der Waals surface area contributed by atoms with Crippen LogP contribution in [0.1, 0.15) is 24.8 Å². The van der Waals surface area contributed by atoms with Gasteiger partial charge in [0.15, 0.2) is 0 Å². The molecule has 1 aromatic carbocycles. The normalized spacial score (nSPS) is 22.1. The van der Waals surface area contributed by atoms with E-state index in [2.05, 4.69) is 0 Å². The van der Waals surface area contributed by atoms with Gasteiger partial charge in [-0.1, -0.05) is 36.7 Å². The summed E-state index contributed by atoms with van der Waals surface area (Å²) in [5, 5.41) is 9.57. The van der Waals surface area contributed by atoms with Gasteiger partial charge in [-0.05, 0) is 24.0 Å². The zero-order chi connectivity index (χ0) is 14.9.